The van der Waals surface area contributed by atoms with Gasteiger partial charge in [-0.1, -0.05) is 92.4 Å². The Morgan fingerprint density at radius 2 is 1.47 bits per heavy atom. The summed E-state index contributed by atoms with van der Waals surface area (Å²) in [5, 5.41) is 0. The summed E-state index contributed by atoms with van der Waals surface area (Å²) in [4.78, 5) is 34.0. The van der Waals surface area contributed by atoms with E-state index in [0.717, 1.165) is 55.7 Å². The maximum atomic E-state index is 13.8. The van der Waals surface area contributed by atoms with Gasteiger partial charge in [-0.2, -0.15) is 0 Å². The highest BCUT2D eigenvalue weighted by Gasteiger charge is 2.25. The second-order valence-electron chi connectivity index (χ2n) is 12.2. The van der Waals surface area contributed by atoms with E-state index in [-0.39, 0.29) is 18.4 Å². The van der Waals surface area contributed by atoms with Crippen LogP contribution in [0.15, 0.2) is 78.9 Å². The normalized spacial score (nSPS) is 17.1. The van der Waals surface area contributed by atoms with Gasteiger partial charge in [0, 0.05) is 45.7 Å². The quantitative estimate of drug-likeness (QED) is 0.287. The Morgan fingerprint density at radius 3 is 2.21 bits per heavy atom. The molecule has 0 atom stereocenters. The minimum atomic E-state index is -0.0646. The number of hydrogen-bond donors (Lipinski definition) is 0. The van der Waals surface area contributed by atoms with Gasteiger partial charge < -0.3 is 14.5 Å². The minimum Gasteiger partial charge on any atom is -0.484 e. The molecule has 1 aliphatic carbocycles. The van der Waals surface area contributed by atoms with Gasteiger partial charge in [0.15, 0.2) is 6.61 Å². The van der Waals surface area contributed by atoms with Gasteiger partial charge in [-0.05, 0) is 60.9 Å². The molecule has 0 bridgehead atoms. The molecule has 2 amide bonds. The number of fused-ring (bicyclic) bond motifs is 1. The number of carbonyl (C=O) groups is 2. The number of hydrogen-bond acceptors (Lipinski definition) is 4. The van der Waals surface area contributed by atoms with Crippen molar-refractivity contribution in [3.8, 4) is 5.75 Å². The Balaban J connectivity index is 1.39. The summed E-state index contributed by atoms with van der Waals surface area (Å²) in [6.45, 7) is 6.50. The van der Waals surface area contributed by atoms with E-state index in [2.05, 4.69) is 59.2 Å². The highest BCUT2D eigenvalue weighted by molar-refractivity contribution is 5.96. The zero-order valence-corrected chi connectivity index (χ0v) is 25.8. The fourth-order valence-electron chi connectivity index (χ4n) is 6.67. The highest BCUT2D eigenvalue weighted by atomic mass is 16.5. The molecule has 0 N–H and O–H groups in total. The fraction of sp³-hybridized carbons (Fsp3) is 0.459. The molecule has 1 saturated carbocycles. The fourth-order valence-corrected chi connectivity index (χ4v) is 6.67. The predicted molar refractivity (Wildman–Crippen MR) is 173 cm³/mol. The van der Waals surface area contributed by atoms with E-state index in [1.807, 2.05) is 41.3 Å². The molecule has 0 spiro atoms. The van der Waals surface area contributed by atoms with E-state index in [1.165, 1.54) is 31.2 Å². The second kappa shape index (κ2) is 15.7. The van der Waals surface area contributed by atoms with Crippen molar-refractivity contribution in [1.29, 1.82) is 0 Å². The maximum absolute atomic E-state index is 13.8. The Morgan fingerprint density at radius 1 is 0.767 bits per heavy atom. The molecule has 2 aliphatic rings. The first-order valence-electron chi connectivity index (χ1n) is 16.2. The van der Waals surface area contributed by atoms with Crippen LogP contribution in [-0.4, -0.2) is 54.4 Å². The third-order valence-corrected chi connectivity index (χ3v) is 8.96. The predicted octanol–water partition coefficient (Wildman–Crippen LogP) is 7.00. The molecule has 6 nitrogen and oxygen atoms in total. The lowest BCUT2D eigenvalue weighted by Gasteiger charge is -2.32. The number of para-hydroxylation sites is 2. The Labute approximate surface area is 257 Å². The molecule has 6 heteroatoms. The zero-order valence-electron chi connectivity index (χ0n) is 25.8. The Hall–Kier alpha value is -3.64. The summed E-state index contributed by atoms with van der Waals surface area (Å²) < 4.78 is 5.92. The van der Waals surface area contributed by atoms with Crippen LogP contribution in [0.25, 0.3) is 0 Å². The molecule has 0 saturated heterocycles. The van der Waals surface area contributed by atoms with E-state index in [4.69, 9.17) is 4.74 Å². The lowest BCUT2D eigenvalue weighted by Crippen LogP contribution is -2.40. The van der Waals surface area contributed by atoms with Crippen LogP contribution in [0.4, 0.5) is 5.69 Å². The average Bonchev–Trinajstić information content (AvgIpc) is 3.55. The molecule has 3 aromatic carbocycles. The van der Waals surface area contributed by atoms with Crippen LogP contribution in [-0.2, 0) is 22.7 Å². The Bertz CT molecular complexity index is 1310. The summed E-state index contributed by atoms with van der Waals surface area (Å²) in [6.07, 6.45) is 8.47. The van der Waals surface area contributed by atoms with Crippen LogP contribution in [0.2, 0.25) is 0 Å². The third-order valence-electron chi connectivity index (χ3n) is 8.96. The molecule has 1 fully saturated rings. The van der Waals surface area contributed by atoms with Gasteiger partial charge in [-0.25, -0.2) is 0 Å². The molecule has 0 radical (unpaired) electrons. The highest BCUT2D eigenvalue weighted by Crippen LogP contribution is 2.31. The number of amides is 2. The van der Waals surface area contributed by atoms with Crippen molar-refractivity contribution < 1.29 is 14.3 Å². The average molecular weight is 582 g/mol. The summed E-state index contributed by atoms with van der Waals surface area (Å²) >= 11 is 0. The molecular weight excluding hydrogens is 534 g/mol. The lowest BCUT2D eigenvalue weighted by molar-refractivity contribution is -0.132. The van der Waals surface area contributed by atoms with Crippen LogP contribution in [0.3, 0.4) is 0 Å². The van der Waals surface area contributed by atoms with Crippen molar-refractivity contribution in [2.75, 3.05) is 37.7 Å². The lowest BCUT2D eigenvalue weighted by atomic mass is 10.0. The SMILES string of the molecule is Cc1cccc2c1N(C(=O)COc1ccccc1)CCCN(Cc1ccccc1)CCCN(C(=O)CCC1CCCC1)C2. The number of nitrogens with zero attached hydrogens (tertiary/aromatic N) is 3. The van der Waals surface area contributed by atoms with Crippen molar-refractivity contribution >= 4 is 17.5 Å². The Kier molecular flexibility index (Phi) is 11.3. The third kappa shape index (κ3) is 8.93. The summed E-state index contributed by atoms with van der Waals surface area (Å²) in [5.41, 5.74) is 4.28. The van der Waals surface area contributed by atoms with Crippen molar-refractivity contribution in [2.24, 2.45) is 5.92 Å². The number of carbonyl (C=O) groups excluding carboxylic acids is 2. The molecule has 228 valence electrons. The molecule has 1 heterocycles. The first-order valence-corrected chi connectivity index (χ1v) is 16.2. The van der Waals surface area contributed by atoms with Crippen LogP contribution >= 0.6 is 0 Å². The number of anilines is 1. The summed E-state index contributed by atoms with van der Waals surface area (Å²) in [6, 6.07) is 26.3. The van der Waals surface area contributed by atoms with Gasteiger partial charge in [0.25, 0.3) is 5.91 Å². The van der Waals surface area contributed by atoms with Gasteiger partial charge in [0.2, 0.25) is 5.91 Å². The molecule has 3 aromatic rings. The van der Waals surface area contributed by atoms with Gasteiger partial charge in [0.1, 0.15) is 5.75 Å². The molecule has 0 aromatic heterocycles. The van der Waals surface area contributed by atoms with Crippen LogP contribution in [0.1, 0.15) is 68.1 Å². The molecule has 1 aliphatic heterocycles. The van der Waals surface area contributed by atoms with E-state index in [0.29, 0.717) is 37.7 Å². The van der Waals surface area contributed by atoms with E-state index in [9.17, 15) is 9.59 Å². The van der Waals surface area contributed by atoms with Gasteiger partial charge in [-0.15, -0.1) is 0 Å². The summed E-state index contributed by atoms with van der Waals surface area (Å²) in [7, 11) is 0. The van der Waals surface area contributed by atoms with Crippen molar-refractivity contribution in [3.63, 3.8) is 0 Å². The number of benzene rings is 3. The molecule has 43 heavy (non-hydrogen) atoms. The first kappa shape index (κ1) is 30.8. The number of rotatable bonds is 8. The van der Waals surface area contributed by atoms with E-state index < -0.39 is 0 Å². The molecule has 5 rings (SSSR count). The van der Waals surface area contributed by atoms with Gasteiger partial charge in [-0.3, -0.25) is 14.5 Å². The van der Waals surface area contributed by atoms with Gasteiger partial charge in [0.05, 0.1) is 5.69 Å². The van der Waals surface area contributed by atoms with Crippen molar-refractivity contribution in [1.82, 2.24) is 9.80 Å². The van der Waals surface area contributed by atoms with Gasteiger partial charge >= 0.3 is 0 Å². The van der Waals surface area contributed by atoms with Crippen LogP contribution in [0, 0.1) is 12.8 Å². The smallest absolute Gasteiger partial charge is 0.264 e. The van der Waals surface area contributed by atoms with Crippen molar-refractivity contribution in [3.05, 3.63) is 95.6 Å². The zero-order chi connectivity index (χ0) is 29.9. The number of ether oxygens (including phenoxy) is 1. The molecule has 0 unspecified atom stereocenters. The standard InChI is InChI=1S/C37H47N3O3/c1-30-13-10-18-33-28-39(35(41)22-21-31-14-8-9-15-31)25-11-23-38(27-32-16-4-2-5-17-32)24-12-26-40(37(30)33)36(42)29-43-34-19-6-3-7-20-34/h2-7,10,13,16-20,31H,8-9,11-12,14-15,21-29H2,1H3. The minimum absolute atomic E-state index is 0.0322. The van der Waals surface area contributed by atoms with Crippen LogP contribution < -0.4 is 9.64 Å². The number of aryl methyl sites for hydroxylation is 1. The van der Waals surface area contributed by atoms with E-state index in [1.54, 1.807) is 0 Å². The van der Waals surface area contributed by atoms with Crippen LogP contribution in [0.5, 0.6) is 5.75 Å². The molecular formula is C37H47N3O3. The monoisotopic (exact) mass is 581 g/mol. The topological polar surface area (TPSA) is 53.1 Å². The first-order chi connectivity index (χ1) is 21.1. The second-order valence-corrected chi connectivity index (χ2v) is 12.2. The van der Waals surface area contributed by atoms with E-state index >= 15 is 0 Å². The van der Waals surface area contributed by atoms with Crippen molar-refractivity contribution in [2.45, 2.75) is 71.4 Å². The maximum Gasteiger partial charge on any atom is 0.264 e. The largest absolute Gasteiger partial charge is 0.484 e. The summed E-state index contributed by atoms with van der Waals surface area (Å²) in [5.74, 6) is 1.54.